The first-order valence-corrected chi connectivity index (χ1v) is 6.17. The third-order valence-corrected chi connectivity index (χ3v) is 3.12. The predicted octanol–water partition coefficient (Wildman–Crippen LogP) is 1.27. The Bertz CT molecular complexity index is 349. The van der Waals surface area contributed by atoms with Crippen molar-refractivity contribution in [3.8, 4) is 0 Å². The monoisotopic (exact) mass is 240 g/mol. The number of hydrazine groups is 1. The second-order valence-electron chi connectivity index (χ2n) is 3.62. The fraction of sp³-hybridized carbons (Fsp3) is 0.455. The van der Waals surface area contributed by atoms with E-state index < -0.39 is 5.92 Å². The number of hydrogen-bond donors (Lipinski definition) is 2. The van der Waals surface area contributed by atoms with Crippen molar-refractivity contribution in [2.75, 3.05) is 0 Å². The minimum absolute atomic E-state index is 0.0665. The highest BCUT2D eigenvalue weighted by Crippen LogP contribution is 2.14. The average molecular weight is 240 g/mol. The van der Waals surface area contributed by atoms with Crippen molar-refractivity contribution < 1.29 is 9.59 Å². The van der Waals surface area contributed by atoms with Crippen molar-refractivity contribution in [2.45, 2.75) is 26.2 Å². The molecule has 0 aliphatic rings. The SMILES string of the molecule is CCCC(C(=O)Cc1ccsc1)C(=O)NN. The van der Waals surface area contributed by atoms with Crippen LogP contribution >= 0.6 is 11.3 Å². The summed E-state index contributed by atoms with van der Waals surface area (Å²) >= 11 is 1.54. The number of hydrogen-bond acceptors (Lipinski definition) is 4. The first-order valence-electron chi connectivity index (χ1n) is 5.23. The van der Waals surface area contributed by atoms with Gasteiger partial charge in [0.1, 0.15) is 5.78 Å². The zero-order valence-electron chi connectivity index (χ0n) is 9.23. The van der Waals surface area contributed by atoms with Crippen molar-refractivity contribution in [2.24, 2.45) is 11.8 Å². The Morgan fingerprint density at radius 2 is 2.31 bits per heavy atom. The van der Waals surface area contributed by atoms with E-state index in [2.05, 4.69) is 5.43 Å². The number of thiophene rings is 1. The van der Waals surface area contributed by atoms with Crippen LogP contribution < -0.4 is 11.3 Å². The van der Waals surface area contributed by atoms with Gasteiger partial charge in [-0.05, 0) is 28.8 Å². The molecular weight excluding hydrogens is 224 g/mol. The summed E-state index contributed by atoms with van der Waals surface area (Å²) in [5.41, 5.74) is 3.01. The fourth-order valence-corrected chi connectivity index (χ4v) is 2.21. The van der Waals surface area contributed by atoms with Gasteiger partial charge in [-0.1, -0.05) is 13.3 Å². The summed E-state index contributed by atoms with van der Waals surface area (Å²) in [6, 6.07) is 1.89. The number of carbonyl (C=O) groups excluding carboxylic acids is 2. The lowest BCUT2D eigenvalue weighted by molar-refractivity contribution is -0.134. The van der Waals surface area contributed by atoms with Crippen molar-refractivity contribution in [3.63, 3.8) is 0 Å². The second kappa shape index (κ2) is 6.40. The lowest BCUT2D eigenvalue weighted by Crippen LogP contribution is -2.39. The quantitative estimate of drug-likeness (QED) is 0.340. The van der Waals surface area contributed by atoms with E-state index in [1.54, 1.807) is 11.3 Å². The van der Waals surface area contributed by atoms with Gasteiger partial charge in [0, 0.05) is 6.42 Å². The molecule has 0 spiro atoms. The maximum atomic E-state index is 11.9. The molecule has 0 fully saturated rings. The molecule has 1 amide bonds. The third kappa shape index (κ3) is 3.43. The lowest BCUT2D eigenvalue weighted by Gasteiger charge is -2.12. The first-order chi connectivity index (χ1) is 7.69. The van der Waals surface area contributed by atoms with Crippen LogP contribution in [0.4, 0.5) is 0 Å². The number of rotatable bonds is 6. The molecule has 0 saturated carbocycles. The topological polar surface area (TPSA) is 72.2 Å². The van der Waals surface area contributed by atoms with Crippen LogP contribution in [0.3, 0.4) is 0 Å². The zero-order chi connectivity index (χ0) is 12.0. The summed E-state index contributed by atoms with van der Waals surface area (Å²) in [5, 5.41) is 3.84. The molecule has 5 heteroatoms. The Labute approximate surface area is 98.8 Å². The summed E-state index contributed by atoms with van der Waals surface area (Å²) in [5.74, 6) is 4.00. The van der Waals surface area contributed by atoms with Gasteiger partial charge in [-0.25, -0.2) is 5.84 Å². The minimum Gasteiger partial charge on any atom is -0.298 e. The maximum absolute atomic E-state index is 11.9. The van der Waals surface area contributed by atoms with Crippen molar-refractivity contribution >= 4 is 23.0 Å². The third-order valence-electron chi connectivity index (χ3n) is 2.38. The smallest absolute Gasteiger partial charge is 0.244 e. The van der Waals surface area contributed by atoms with Gasteiger partial charge in [0.2, 0.25) is 5.91 Å². The average Bonchev–Trinajstić information content (AvgIpc) is 2.77. The first kappa shape index (κ1) is 12.9. The molecular formula is C11H16N2O2S. The molecule has 0 radical (unpaired) electrons. The number of Topliss-reactive ketones (excluding diaryl/α,β-unsaturated/α-hetero) is 1. The van der Waals surface area contributed by atoms with E-state index in [9.17, 15) is 9.59 Å². The summed E-state index contributed by atoms with van der Waals surface area (Å²) in [6.07, 6.45) is 1.64. The van der Waals surface area contributed by atoms with Gasteiger partial charge < -0.3 is 0 Å². The summed E-state index contributed by atoms with van der Waals surface area (Å²) < 4.78 is 0. The number of ketones is 1. The molecule has 4 nitrogen and oxygen atoms in total. The Morgan fingerprint density at radius 1 is 1.56 bits per heavy atom. The van der Waals surface area contributed by atoms with Crippen LogP contribution in [0, 0.1) is 5.92 Å². The standard InChI is InChI=1S/C11H16N2O2S/c1-2-3-9(11(15)13-12)10(14)6-8-4-5-16-7-8/h4-5,7,9H,2-3,6,12H2,1H3,(H,13,15). The Morgan fingerprint density at radius 3 is 2.81 bits per heavy atom. The molecule has 1 aromatic rings. The maximum Gasteiger partial charge on any atom is 0.244 e. The highest BCUT2D eigenvalue weighted by atomic mass is 32.1. The summed E-state index contributed by atoms with van der Waals surface area (Å²) in [6.45, 7) is 1.94. The van der Waals surface area contributed by atoms with Crippen LogP contribution in [0.2, 0.25) is 0 Å². The van der Waals surface area contributed by atoms with Crippen LogP contribution in [-0.2, 0) is 16.0 Å². The van der Waals surface area contributed by atoms with Gasteiger partial charge in [-0.3, -0.25) is 15.0 Å². The van der Waals surface area contributed by atoms with Crippen LogP contribution in [0.15, 0.2) is 16.8 Å². The molecule has 0 aromatic carbocycles. The number of carbonyl (C=O) groups is 2. The molecule has 1 heterocycles. The van der Waals surface area contributed by atoms with E-state index in [4.69, 9.17) is 5.84 Å². The van der Waals surface area contributed by atoms with Crippen LogP contribution in [0.5, 0.6) is 0 Å². The van der Waals surface area contributed by atoms with Crippen LogP contribution in [0.25, 0.3) is 0 Å². The molecule has 0 saturated heterocycles. The van der Waals surface area contributed by atoms with Gasteiger partial charge in [0.15, 0.2) is 0 Å². The highest BCUT2D eigenvalue weighted by Gasteiger charge is 2.24. The molecule has 1 rings (SSSR count). The molecule has 16 heavy (non-hydrogen) atoms. The van der Waals surface area contributed by atoms with Crippen molar-refractivity contribution in [1.29, 1.82) is 0 Å². The summed E-state index contributed by atoms with van der Waals surface area (Å²) in [4.78, 5) is 23.3. The number of nitrogens with two attached hydrogens (primary N) is 1. The van der Waals surface area contributed by atoms with Crippen LogP contribution in [-0.4, -0.2) is 11.7 Å². The summed E-state index contributed by atoms with van der Waals surface area (Å²) in [7, 11) is 0. The van der Waals surface area contributed by atoms with E-state index in [-0.39, 0.29) is 11.7 Å². The van der Waals surface area contributed by atoms with Gasteiger partial charge in [-0.2, -0.15) is 11.3 Å². The van der Waals surface area contributed by atoms with Crippen molar-refractivity contribution in [1.82, 2.24) is 5.43 Å². The number of nitrogens with one attached hydrogen (secondary N) is 1. The molecule has 0 aliphatic heterocycles. The molecule has 3 N–H and O–H groups in total. The van der Waals surface area contributed by atoms with E-state index in [1.807, 2.05) is 23.8 Å². The Hall–Kier alpha value is -1.20. The van der Waals surface area contributed by atoms with Gasteiger partial charge in [-0.15, -0.1) is 0 Å². The second-order valence-corrected chi connectivity index (χ2v) is 4.40. The van der Waals surface area contributed by atoms with E-state index in [0.717, 1.165) is 12.0 Å². The largest absolute Gasteiger partial charge is 0.298 e. The lowest BCUT2D eigenvalue weighted by atomic mass is 9.94. The normalized spacial score (nSPS) is 12.1. The minimum atomic E-state index is -0.616. The molecule has 0 bridgehead atoms. The van der Waals surface area contributed by atoms with E-state index in [0.29, 0.717) is 12.8 Å². The zero-order valence-corrected chi connectivity index (χ0v) is 10.0. The fourth-order valence-electron chi connectivity index (χ4n) is 1.55. The molecule has 1 unspecified atom stereocenters. The van der Waals surface area contributed by atoms with Crippen molar-refractivity contribution in [3.05, 3.63) is 22.4 Å². The Balaban J connectivity index is 2.64. The molecule has 1 aromatic heterocycles. The van der Waals surface area contributed by atoms with E-state index >= 15 is 0 Å². The molecule has 0 aliphatic carbocycles. The van der Waals surface area contributed by atoms with E-state index in [1.165, 1.54) is 0 Å². The van der Waals surface area contributed by atoms with Gasteiger partial charge >= 0.3 is 0 Å². The predicted molar refractivity (Wildman–Crippen MR) is 63.8 cm³/mol. The Kier molecular flexibility index (Phi) is 5.14. The van der Waals surface area contributed by atoms with Crippen LogP contribution in [0.1, 0.15) is 25.3 Å². The highest BCUT2D eigenvalue weighted by molar-refractivity contribution is 7.08. The van der Waals surface area contributed by atoms with Gasteiger partial charge in [0.05, 0.1) is 5.92 Å². The number of amides is 1. The molecule has 88 valence electrons. The molecule has 1 atom stereocenters. The van der Waals surface area contributed by atoms with Gasteiger partial charge in [0.25, 0.3) is 0 Å².